The summed E-state index contributed by atoms with van der Waals surface area (Å²) in [6, 6.07) is 16.7. The summed E-state index contributed by atoms with van der Waals surface area (Å²) in [5.41, 5.74) is 3.15. The SMILES string of the molecule is O=C(Nc1cccc(-c2ccccn2)c1)c1ccncc1. The summed E-state index contributed by atoms with van der Waals surface area (Å²) < 4.78 is 0. The third kappa shape index (κ3) is 3.12. The lowest BCUT2D eigenvalue weighted by Crippen LogP contribution is -2.11. The highest BCUT2D eigenvalue weighted by Gasteiger charge is 2.06. The molecule has 0 fully saturated rings. The zero-order valence-electron chi connectivity index (χ0n) is 11.2. The number of carbonyl (C=O) groups excluding carboxylic acids is 1. The van der Waals surface area contributed by atoms with Crippen LogP contribution in [0.4, 0.5) is 5.69 Å². The molecule has 0 atom stereocenters. The molecule has 0 radical (unpaired) electrons. The number of hydrogen-bond acceptors (Lipinski definition) is 3. The topological polar surface area (TPSA) is 54.9 Å². The summed E-state index contributed by atoms with van der Waals surface area (Å²) in [6.45, 7) is 0. The summed E-state index contributed by atoms with van der Waals surface area (Å²) in [7, 11) is 0. The van der Waals surface area contributed by atoms with E-state index in [1.165, 1.54) is 0 Å². The minimum atomic E-state index is -0.157. The first-order chi connectivity index (χ1) is 10.3. The van der Waals surface area contributed by atoms with Crippen LogP contribution in [0.25, 0.3) is 11.3 Å². The van der Waals surface area contributed by atoms with Gasteiger partial charge in [-0.25, -0.2) is 0 Å². The smallest absolute Gasteiger partial charge is 0.255 e. The number of amides is 1. The van der Waals surface area contributed by atoms with Crippen LogP contribution in [0.3, 0.4) is 0 Å². The maximum absolute atomic E-state index is 12.1. The van der Waals surface area contributed by atoms with E-state index >= 15 is 0 Å². The molecular weight excluding hydrogens is 262 g/mol. The van der Waals surface area contributed by atoms with Crippen molar-refractivity contribution in [3.05, 3.63) is 78.8 Å². The summed E-state index contributed by atoms with van der Waals surface area (Å²) >= 11 is 0. The predicted octanol–water partition coefficient (Wildman–Crippen LogP) is 3.40. The number of rotatable bonds is 3. The largest absolute Gasteiger partial charge is 0.322 e. The average Bonchev–Trinajstić information content (AvgIpc) is 2.57. The number of aromatic nitrogens is 2. The van der Waals surface area contributed by atoms with Gasteiger partial charge in [0.1, 0.15) is 0 Å². The highest BCUT2D eigenvalue weighted by atomic mass is 16.1. The van der Waals surface area contributed by atoms with Gasteiger partial charge in [0.05, 0.1) is 5.69 Å². The molecule has 21 heavy (non-hydrogen) atoms. The molecule has 2 aromatic heterocycles. The van der Waals surface area contributed by atoms with E-state index in [2.05, 4.69) is 15.3 Å². The second kappa shape index (κ2) is 5.96. The van der Waals surface area contributed by atoms with E-state index in [1.807, 2.05) is 42.5 Å². The second-order valence-electron chi connectivity index (χ2n) is 4.49. The zero-order valence-corrected chi connectivity index (χ0v) is 11.2. The average molecular weight is 275 g/mol. The van der Waals surface area contributed by atoms with Gasteiger partial charge in [0.2, 0.25) is 0 Å². The lowest BCUT2D eigenvalue weighted by Gasteiger charge is -2.07. The molecule has 2 heterocycles. The van der Waals surface area contributed by atoms with Gasteiger partial charge < -0.3 is 5.32 Å². The molecule has 0 aliphatic rings. The second-order valence-corrected chi connectivity index (χ2v) is 4.49. The third-order valence-electron chi connectivity index (χ3n) is 3.02. The Morgan fingerprint density at radius 2 is 1.76 bits per heavy atom. The van der Waals surface area contributed by atoms with Crippen molar-refractivity contribution in [1.29, 1.82) is 0 Å². The van der Waals surface area contributed by atoms with Crippen LogP contribution in [-0.2, 0) is 0 Å². The van der Waals surface area contributed by atoms with Crippen molar-refractivity contribution in [2.45, 2.75) is 0 Å². The number of benzene rings is 1. The molecule has 0 aliphatic heterocycles. The Hall–Kier alpha value is -3.01. The standard InChI is InChI=1S/C17H13N3O/c21-17(13-7-10-18-11-8-13)20-15-5-3-4-14(12-15)16-6-1-2-9-19-16/h1-12H,(H,20,21). The molecular formula is C17H13N3O. The van der Waals surface area contributed by atoms with E-state index < -0.39 is 0 Å². The lowest BCUT2D eigenvalue weighted by atomic mass is 10.1. The Labute approximate surface area is 122 Å². The molecule has 1 N–H and O–H groups in total. The first kappa shape index (κ1) is 13.0. The van der Waals surface area contributed by atoms with E-state index in [0.717, 1.165) is 16.9 Å². The van der Waals surface area contributed by atoms with Crippen molar-refractivity contribution in [3.63, 3.8) is 0 Å². The summed E-state index contributed by atoms with van der Waals surface area (Å²) in [5.74, 6) is -0.157. The van der Waals surface area contributed by atoms with Crippen molar-refractivity contribution in [3.8, 4) is 11.3 Å². The maximum atomic E-state index is 12.1. The van der Waals surface area contributed by atoms with Crippen molar-refractivity contribution in [1.82, 2.24) is 9.97 Å². The molecule has 1 aromatic carbocycles. The van der Waals surface area contributed by atoms with Crippen LogP contribution >= 0.6 is 0 Å². The molecule has 3 aromatic rings. The number of nitrogens with zero attached hydrogens (tertiary/aromatic N) is 2. The van der Waals surface area contributed by atoms with Crippen molar-refractivity contribution < 1.29 is 4.79 Å². The molecule has 4 nitrogen and oxygen atoms in total. The Bertz CT molecular complexity index is 742. The predicted molar refractivity (Wildman–Crippen MR) is 81.9 cm³/mol. The summed E-state index contributed by atoms with van der Waals surface area (Å²) in [6.07, 6.45) is 4.94. The number of pyridine rings is 2. The van der Waals surface area contributed by atoms with E-state index in [9.17, 15) is 4.79 Å². The van der Waals surface area contributed by atoms with Gasteiger partial charge in [-0.05, 0) is 36.4 Å². The number of hydrogen-bond donors (Lipinski definition) is 1. The van der Waals surface area contributed by atoms with Gasteiger partial charge in [0, 0.05) is 35.4 Å². The quantitative estimate of drug-likeness (QED) is 0.797. The van der Waals surface area contributed by atoms with Gasteiger partial charge in [0.25, 0.3) is 5.91 Å². The van der Waals surface area contributed by atoms with Gasteiger partial charge in [-0.3, -0.25) is 14.8 Å². The molecule has 0 spiro atoms. The van der Waals surface area contributed by atoms with E-state index in [4.69, 9.17) is 0 Å². The van der Waals surface area contributed by atoms with Crippen LogP contribution in [0.1, 0.15) is 10.4 Å². The molecule has 102 valence electrons. The number of carbonyl (C=O) groups is 1. The fourth-order valence-corrected chi connectivity index (χ4v) is 2.00. The fourth-order valence-electron chi connectivity index (χ4n) is 2.00. The highest BCUT2D eigenvalue weighted by molar-refractivity contribution is 6.04. The van der Waals surface area contributed by atoms with Crippen molar-refractivity contribution in [2.24, 2.45) is 0 Å². The van der Waals surface area contributed by atoms with Crippen LogP contribution < -0.4 is 5.32 Å². The van der Waals surface area contributed by atoms with Gasteiger partial charge in [-0.1, -0.05) is 18.2 Å². The fraction of sp³-hybridized carbons (Fsp3) is 0. The highest BCUT2D eigenvalue weighted by Crippen LogP contribution is 2.20. The van der Waals surface area contributed by atoms with E-state index in [1.54, 1.807) is 30.7 Å². The van der Waals surface area contributed by atoms with E-state index in [-0.39, 0.29) is 5.91 Å². The summed E-state index contributed by atoms with van der Waals surface area (Å²) in [4.78, 5) is 20.3. The Morgan fingerprint density at radius 3 is 2.52 bits per heavy atom. The van der Waals surface area contributed by atoms with Crippen molar-refractivity contribution >= 4 is 11.6 Å². The third-order valence-corrected chi connectivity index (χ3v) is 3.02. The summed E-state index contributed by atoms with van der Waals surface area (Å²) in [5, 5.41) is 2.87. The normalized spacial score (nSPS) is 10.1. The first-order valence-electron chi connectivity index (χ1n) is 6.56. The molecule has 4 heteroatoms. The molecule has 0 aliphatic carbocycles. The number of nitrogens with one attached hydrogen (secondary N) is 1. The van der Waals surface area contributed by atoms with Gasteiger partial charge in [0.15, 0.2) is 0 Å². The van der Waals surface area contributed by atoms with E-state index in [0.29, 0.717) is 5.56 Å². The van der Waals surface area contributed by atoms with Crippen LogP contribution in [0.2, 0.25) is 0 Å². The van der Waals surface area contributed by atoms with Gasteiger partial charge in [-0.2, -0.15) is 0 Å². The maximum Gasteiger partial charge on any atom is 0.255 e. The minimum Gasteiger partial charge on any atom is -0.322 e. The van der Waals surface area contributed by atoms with Gasteiger partial charge in [-0.15, -0.1) is 0 Å². The molecule has 0 bridgehead atoms. The Morgan fingerprint density at radius 1 is 0.905 bits per heavy atom. The molecule has 3 rings (SSSR count). The Kier molecular flexibility index (Phi) is 3.69. The molecule has 1 amide bonds. The molecule has 0 saturated heterocycles. The lowest BCUT2D eigenvalue weighted by molar-refractivity contribution is 0.102. The number of anilines is 1. The molecule has 0 saturated carbocycles. The van der Waals surface area contributed by atoms with Crippen LogP contribution in [-0.4, -0.2) is 15.9 Å². The van der Waals surface area contributed by atoms with Crippen molar-refractivity contribution in [2.75, 3.05) is 5.32 Å². The van der Waals surface area contributed by atoms with Crippen LogP contribution in [0.5, 0.6) is 0 Å². The zero-order chi connectivity index (χ0) is 14.5. The van der Waals surface area contributed by atoms with Gasteiger partial charge >= 0.3 is 0 Å². The monoisotopic (exact) mass is 275 g/mol. The molecule has 0 unspecified atom stereocenters. The van der Waals surface area contributed by atoms with Crippen LogP contribution in [0.15, 0.2) is 73.2 Å². The Balaban J connectivity index is 1.83. The first-order valence-corrected chi connectivity index (χ1v) is 6.56. The van der Waals surface area contributed by atoms with Crippen LogP contribution in [0, 0.1) is 0 Å². The minimum absolute atomic E-state index is 0.157.